The van der Waals surface area contributed by atoms with Gasteiger partial charge in [0.05, 0.1) is 5.41 Å². The van der Waals surface area contributed by atoms with Crippen LogP contribution in [-0.4, -0.2) is 31.9 Å². The van der Waals surface area contributed by atoms with E-state index in [1.807, 2.05) is 0 Å². The van der Waals surface area contributed by atoms with Gasteiger partial charge in [-0.3, -0.25) is 4.79 Å². The topological polar surface area (TPSA) is 69.7 Å². The van der Waals surface area contributed by atoms with Crippen LogP contribution < -0.4 is 0 Å². The summed E-state index contributed by atoms with van der Waals surface area (Å²) >= 11 is 0. The maximum Gasteiger partial charge on any atom is 0.445 e. The Kier molecular flexibility index (Phi) is 7.85. The predicted molar refractivity (Wildman–Crippen MR) is 153 cm³/mol. The van der Waals surface area contributed by atoms with Gasteiger partial charge in [-0.2, -0.15) is 21.6 Å². The van der Waals surface area contributed by atoms with Gasteiger partial charge in [0.15, 0.2) is 0 Å². The molecular weight excluding hydrogens is 623 g/mol. The molecule has 1 atom stereocenters. The zero-order chi connectivity index (χ0) is 31.4. The molecule has 0 aliphatic heterocycles. The normalized spacial score (nSPS) is 26.7. The summed E-state index contributed by atoms with van der Waals surface area (Å²) in [4.78, 5) is 13.8. The van der Waals surface area contributed by atoms with Crippen LogP contribution in [0.3, 0.4) is 0 Å². The van der Waals surface area contributed by atoms with Crippen molar-refractivity contribution in [3.8, 4) is 0 Å². The largest absolute Gasteiger partial charge is 0.445 e. The monoisotopic (exact) mass is 654 g/mol. The number of halogens is 5. The molecule has 236 valence electrons. The standard InChI is InChI=1S/C32H31F5O5S2/c33-28(34)31(35,41-29(38)30-19-22-16-23(20-30)18-24(17-22)21-30)32(36,37)44(39,40)42-43(25-10-4-1-5-11-25,26-12-6-2-7-13-26)27-14-8-3-9-15-27/h1-15,22-24,28H,16-21H2. The number of ether oxygens (including phenoxy) is 1. The van der Waals surface area contributed by atoms with E-state index in [1.165, 1.54) is 72.8 Å². The smallest absolute Gasteiger partial charge is 0.416 e. The molecule has 3 aromatic carbocycles. The molecule has 44 heavy (non-hydrogen) atoms. The Morgan fingerprint density at radius 2 is 1.07 bits per heavy atom. The maximum absolute atomic E-state index is 16.1. The summed E-state index contributed by atoms with van der Waals surface area (Å²) in [6, 6.07) is 22.7. The minimum Gasteiger partial charge on any atom is -0.416 e. The van der Waals surface area contributed by atoms with E-state index in [4.69, 9.17) is 3.63 Å². The van der Waals surface area contributed by atoms with E-state index in [0.29, 0.717) is 0 Å². The predicted octanol–water partition coefficient (Wildman–Crippen LogP) is 8.51. The maximum atomic E-state index is 16.1. The molecule has 0 N–H and O–H groups in total. The first-order chi connectivity index (χ1) is 20.8. The average Bonchev–Trinajstić information content (AvgIpc) is 3.00. The van der Waals surface area contributed by atoms with Crippen LogP contribution in [0.4, 0.5) is 22.0 Å². The van der Waals surface area contributed by atoms with Crippen molar-refractivity contribution >= 4 is 26.4 Å². The van der Waals surface area contributed by atoms with E-state index in [1.54, 1.807) is 18.2 Å². The van der Waals surface area contributed by atoms with Crippen LogP contribution in [0.15, 0.2) is 106 Å². The highest BCUT2D eigenvalue weighted by Crippen LogP contribution is 2.71. The van der Waals surface area contributed by atoms with Crippen LogP contribution in [0.5, 0.6) is 0 Å². The highest BCUT2D eigenvalue weighted by Gasteiger charge is 2.75. The van der Waals surface area contributed by atoms with Crippen molar-refractivity contribution in [3.05, 3.63) is 91.0 Å². The van der Waals surface area contributed by atoms with Crippen molar-refractivity contribution < 1.29 is 43.5 Å². The summed E-state index contributed by atoms with van der Waals surface area (Å²) in [5.74, 6) is -6.83. The molecule has 4 bridgehead atoms. The first-order valence-electron chi connectivity index (χ1n) is 14.4. The Labute approximate surface area is 254 Å². The van der Waals surface area contributed by atoms with Gasteiger partial charge in [-0.1, -0.05) is 54.6 Å². The summed E-state index contributed by atoms with van der Waals surface area (Å²) in [5, 5.41) is -6.00. The lowest BCUT2D eigenvalue weighted by Crippen LogP contribution is -2.60. The Morgan fingerprint density at radius 1 is 0.705 bits per heavy atom. The van der Waals surface area contributed by atoms with Crippen LogP contribution in [-0.2, 0) is 23.3 Å². The molecule has 0 saturated heterocycles. The van der Waals surface area contributed by atoms with E-state index >= 15 is 13.2 Å². The van der Waals surface area contributed by atoms with Gasteiger partial charge >= 0.3 is 33.6 Å². The SMILES string of the molecule is O=C(OC(F)(C(F)F)C(F)(F)S(=O)(=O)OS(c1ccccc1)(c1ccccc1)c1ccccc1)C12CC3CC(CC(C3)C1)C2. The van der Waals surface area contributed by atoms with E-state index < -0.39 is 49.3 Å². The Morgan fingerprint density at radius 3 is 1.41 bits per heavy atom. The zero-order valence-corrected chi connectivity index (χ0v) is 25.1. The molecule has 4 aliphatic carbocycles. The van der Waals surface area contributed by atoms with Crippen LogP contribution in [0.2, 0.25) is 0 Å². The first kappa shape index (κ1) is 31.0. The summed E-state index contributed by atoms with van der Waals surface area (Å²) in [5.41, 5.74) is -1.41. The zero-order valence-electron chi connectivity index (χ0n) is 23.5. The highest BCUT2D eigenvalue weighted by atomic mass is 32.3. The van der Waals surface area contributed by atoms with Crippen LogP contribution in [0.25, 0.3) is 0 Å². The van der Waals surface area contributed by atoms with Gasteiger partial charge < -0.3 is 4.74 Å². The number of esters is 1. The minimum atomic E-state index is -6.59. The molecule has 4 aliphatic rings. The molecule has 0 spiro atoms. The third-order valence-electron chi connectivity index (χ3n) is 9.12. The Bertz CT molecular complexity index is 1470. The summed E-state index contributed by atoms with van der Waals surface area (Å²) in [7, 11) is -10.2. The molecule has 3 aromatic rings. The lowest BCUT2D eigenvalue weighted by atomic mass is 9.49. The molecule has 4 fully saturated rings. The number of benzene rings is 3. The van der Waals surface area contributed by atoms with Gasteiger partial charge in [0.25, 0.3) is 0 Å². The van der Waals surface area contributed by atoms with Crippen molar-refractivity contribution in [3.63, 3.8) is 0 Å². The number of alkyl halides is 5. The molecule has 4 saturated carbocycles. The second-order valence-electron chi connectivity index (χ2n) is 12.1. The molecule has 1 unspecified atom stereocenters. The summed E-state index contributed by atoms with van der Waals surface area (Å²) in [6.07, 6.45) is -1.62. The lowest BCUT2D eigenvalue weighted by Gasteiger charge is -2.55. The van der Waals surface area contributed by atoms with E-state index in [0.717, 1.165) is 19.3 Å². The molecule has 0 amide bonds. The van der Waals surface area contributed by atoms with Gasteiger partial charge in [-0.05, 0) is 103 Å². The molecule has 0 heterocycles. The molecule has 5 nitrogen and oxygen atoms in total. The number of rotatable bonds is 10. The third-order valence-corrected chi connectivity index (χ3v) is 14.4. The van der Waals surface area contributed by atoms with Crippen molar-refractivity contribution in [1.82, 2.24) is 0 Å². The summed E-state index contributed by atoms with van der Waals surface area (Å²) in [6.45, 7) is 0. The fourth-order valence-corrected chi connectivity index (χ4v) is 12.8. The van der Waals surface area contributed by atoms with E-state index in [2.05, 4.69) is 4.74 Å². The van der Waals surface area contributed by atoms with Crippen molar-refractivity contribution in [2.45, 2.75) is 70.7 Å². The molecule has 0 aromatic heterocycles. The first-order valence-corrected chi connectivity index (χ1v) is 17.3. The number of carbonyl (C=O) groups is 1. The van der Waals surface area contributed by atoms with Crippen molar-refractivity contribution in [1.29, 1.82) is 0 Å². The minimum absolute atomic E-state index is 0.0776. The van der Waals surface area contributed by atoms with Gasteiger partial charge in [0.1, 0.15) is 0 Å². The van der Waals surface area contributed by atoms with Gasteiger partial charge in [-0.15, -0.1) is 0 Å². The molecule has 0 radical (unpaired) electrons. The quantitative estimate of drug-likeness (QED) is 0.162. The van der Waals surface area contributed by atoms with Crippen LogP contribution in [0.1, 0.15) is 38.5 Å². The van der Waals surface area contributed by atoms with Crippen molar-refractivity contribution in [2.24, 2.45) is 23.2 Å². The van der Waals surface area contributed by atoms with Crippen molar-refractivity contribution in [2.75, 3.05) is 0 Å². The van der Waals surface area contributed by atoms with Gasteiger partial charge in [-0.25, -0.2) is 12.4 Å². The molecular formula is C32H31F5O5S2. The average molecular weight is 655 g/mol. The van der Waals surface area contributed by atoms with Crippen LogP contribution >= 0.6 is 10.3 Å². The van der Waals surface area contributed by atoms with Crippen LogP contribution in [0, 0.1) is 23.2 Å². The lowest BCUT2D eigenvalue weighted by molar-refractivity contribution is -0.291. The third kappa shape index (κ3) is 4.93. The van der Waals surface area contributed by atoms with Gasteiger partial charge in [0, 0.05) is 14.7 Å². The number of hydrogen-bond acceptors (Lipinski definition) is 5. The van der Waals surface area contributed by atoms with E-state index in [9.17, 15) is 22.0 Å². The summed E-state index contributed by atoms with van der Waals surface area (Å²) < 4.78 is 114. The molecule has 12 heteroatoms. The fourth-order valence-electron chi connectivity index (χ4n) is 7.54. The Balaban J connectivity index is 1.43. The number of hydrogen-bond donors (Lipinski definition) is 0. The second-order valence-corrected chi connectivity index (χ2v) is 16.6. The highest BCUT2D eigenvalue weighted by molar-refractivity contribution is 8.33. The number of carbonyl (C=O) groups excluding carboxylic acids is 1. The second kappa shape index (κ2) is 11.1. The fraction of sp³-hybridized carbons (Fsp3) is 0.406. The van der Waals surface area contributed by atoms with Gasteiger partial charge in [0.2, 0.25) is 0 Å². The van der Waals surface area contributed by atoms with E-state index in [-0.39, 0.29) is 51.7 Å². The Hall–Kier alpha value is -2.96. The molecule has 7 rings (SSSR count).